The first-order valence-corrected chi connectivity index (χ1v) is 7.69. The van der Waals surface area contributed by atoms with Crippen LogP contribution in [0.2, 0.25) is 0 Å². The maximum atomic E-state index is 12.4. The highest BCUT2D eigenvalue weighted by atomic mass is 16.2. The van der Waals surface area contributed by atoms with Crippen LogP contribution in [0.5, 0.6) is 0 Å². The van der Waals surface area contributed by atoms with Crippen LogP contribution in [0.25, 0.3) is 0 Å². The Kier molecular flexibility index (Phi) is 5.37. The maximum Gasteiger partial charge on any atom is 0.242 e. The second-order valence-corrected chi connectivity index (χ2v) is 5.68. The van der Waals surface area contributed by atoms with Crippen molar-refractivity contribution in [1.29, 1.82) is 0 Å². The Balaban J connectivity index is 2.05. The molecule has 0 radical (unpaired) electrons. The van der Waals surface area contributed by atoms with E-state index in [4.69, 9.17) is 0 Å². The zero-order chi connectivity index (χ0) is 15.2. The van der Waals surface area contributed by atoms with Gasteiger partial charge in [-0.2, -0.15) is 0 Å². The second-order valence-electron chi connectivity index (χ2n) is 5.68. The number of rotatable bonds is 4. The van der Waals surface area contributed by atoms with Crippen LogP contribution < -0.4 is 0 Å². The number of piperidine rings is 1. The topological polar surface area (TPSA) is 40.6 Å². The molecule has 1 atom stereocenters. The van der Waals surface area contributed by atoms with Crippen molar-refractivity contribution < 1.29 is 9.59 Å². The van der Waals surface area contributed by atoms with Gasteiger partial charge in [0.2, 0.25) is 11.8 Å². The molecule has 4 nitrogen and oxygen atoms in total. The summed E-state index contributed by atoms with van der Waals surface area (Å²) in [7, 11) is 0. The smallest absolute Gasteiger partial charge is 0.242 e. The fraction of sp³-hybridized carbons (Fsp3) is 0.529. The highest BCUT2D eigenvalue weighted by Gasteiger charge is 2.24. The van der Waals surface area contributed by atoms with E-state index in [2.05, 4.69) is 0 Å². The number of carbonyl (C=O) groups excluding carboxylic acids is 2. The average Bonchev–Trinajstić information content (AvgIpc) is 2.53. The van der Waals surface area contributed by atoms with E-state index in [0.717, 1.165) is 31.5 Å². The van der Waals surface area contributed by atoms with Crippen LogP contribution in [0.3, 0.4) is 0 Å². The Hall–Kier alpha value is -1.84. The first kappa shape index (κ1) is 15.5. The van der Waals surface area contributed by atoms with Crippen molar-refractivity contribution in [3.8, 4) is 0 Å². The molecule has 4 heteroatoms. The normalized spacial score (nSPS) is 16.4. The third-order valence-corrected chi connectivity index (χ3v) is 4.17. The molecule has 0 spiro atoms. The number of hydrogen-bond donors (Lipinski definition) is 0. The molecule has 0 N–H and O–H groups in total. The zero-order valence-corrected chi connectivity index (χ0v) is 12.9. The summed E-state index contributed by atoms with van der Waals surface area (Å²) < 4.78 is 0. The van der Waals surface area contributed by atoms with Gasteiger partial charge in [0.05, 0.1) is 6.04 Å². The summed E-state index contributed by atoms with van der Waals surface area (Å²) in [6, 6.07) is 9.76. The SMILES string of the molecule is CC(=O)N(CC(=O)N1CCCCC1)C(C)c1ccccc1. The number of carbonyl (C=O) groups is 2. The molecule has 21 heavy (non-hydrogen) atoms. The molecule has 1 aliphatic heterocycles. The van der Waals surface area contributed by atoms with E-state index in [-0.39, 0.29) is 24.4 Å². The van der Waals surface area contributed by atoms with Crippen LogP contribution in [0.4, 0.5) is 0 Å². The number of likely N-dealkylation sites (tertiary alicyclic amines) is 1. The molecular weight excluding hydrogens is 264 g/mol. The summed E-state index contributed by atoms with van der Waals surface area (Å²) in [5.74, 6) is 0.00407. The van der Waals surface area contributed by atoms with E-state index in [1.165, 1.54) is 13.3 Å². The molecule has 0 saturated carbocycles. The molecule has 0 aliphatic carbocycles. The third kappa shape index (κ3) is 4.06. The molecule has 1 heterocycles. The van der Waals surface area contributed by atoms with Crippen molar-refractivity contribution in [1.82, 2.24) is 9.80 Å². The third-order valence-electron chi connectivity index (χ3n) is 4.17. The fourth-order valence-electron chi connectivity index (χ4n) is 2.82. The Morgan fingerprint density at radius 1 is 1.14 bits per heavy atom. The predicted octanol–water partition coefficient (Wildman–Crippen LogP) is 2.61. The van der Waals surface area contributed by atoms with Gasteiger partial charge < -0.3 is 9.80 Å². The summed E-state index contributed by atoms with van der Waals surface area (Å²) in [4.78, 5) is 27.9. The lowest BCUT2D eigenvalue weighted by Crippen LogP contribution is -2.44. The molecule has 0 aromatic heterocycles. The number of benzene rings is 1. The van der Waals surface area contributed by atoms with Crippen molar-refractivity contribution in [2.75, 3.05) is 19.6 Å². The summed E-state index contributed by atoms with van der Waals surface area (Å²) in [6.07, 6.45) is 3.33. The van der Waals surface area contributed by atoms with E-state index in [1.807, 2.05) is 42.2 Å². The van der Waals surface area contributed by atoms with Crippen molar-refractivity contribution in [2.24, 2.45) is 0 Å². The lowest BCUT2D eigenvalue weighted by atomic mass is 10.1. The van der Waals surface area contributed by atoms with Crippen molar-refractivity contribution in [3.63, 3.8) is 0 Å². The lowest BCUT2D eigenvalue weighted by Gasteiger charge is -2.32. The van der Waals surface area contributed by atoms with Gasteiger partial charge in [-0.25, -0.2) is 0 Å². The van der Waals surface area contributed by atoms with Gasteiger partial charge in [0, 0.05) is 20.0 Å². The Morgan fingerprint density at radius 3 is 2.33 bits per heavy atom. The summed E-state index contributed by atoms with van der Waals surface area (Å²) >= 11 is 0. The molecule has 1 aromatic carbocycles. The minimum atomic E-state index is -0.0857. The van der Waals surface area contributed by atoms with Crippen LogP contribution in [0.15, 0.2) is 30.3 Å². The molecule has 2 amide bonds. The largest absolute Gasteiger partial charge is 0.341 e. The number of hydrogen-bond acceptors (Lipinski definition) is 2. The highest BCUT2D eigenvalue weighted by molar-refractivity contribution is 5.84. The first-order chi connectivity index (χ1) is 10.1. The van der Waals surface area contributed by atoms with Crippen molar-refractivity contribution in [2.45, 2.75) is 39.2 Å². The molecule has 1 saturated heterocycles. The number of amides is 2. The lowest BCUT2D eigenvalue weighted by molar-refractivity contribution is -0.141. The minimum absolute atomic E-state index is 0.0586. The van der Waals surface area contributed by atoms with Gasteiger partial charge in [0.1, 0.15) is 6.54 Å². The van der Waals surface area contributed by atoms with Crippen LogP contribution in [-0.4, -0.2) is 41.2 Å². The Bertz CT molecular complexity index is 481. The van der Waals surface area contributed by atoms with Crippen molar-refractivity contribution in [3.05, 3.63) is 35.9 Å². The van der Waals surface area contributed by atoms with Crippen molar-refractivity contribution >= 4 is 11.8 Å². The van der Waals surface area contributed by atoms with Gasteiger partial charge in [0.25, 0.3) is 0 Å². The molecule has 1 unspecified atom stereocenters. The predicted molar refractivity (Wildman–Crippen MR) is 82.7 cm³/mol. The van der Waals surface area contributed by atoms with E-state index >= 15 is 0 Å². The summed E-state index contributed by atoms with van der Waals surface area (Å²) in [5, 5.41) is 0. The van der Waals surface area contributed by atoms with Gasteiger partial charge in [-0.3, -0.25) is 9.59 Å². The summed E-state index contributed by atoms with van der Waals surface area (Å²) in [6.45, 7) is 5.32. The highest BCUT2D eigenvalue weighted by Crippen LogP contribution is 2.20. The van der Waals surface area contributed by atoms with Crippen LogP contribution >= 0.6 is 0 Å². The van der Waals surface area contributed by atoms with Gasteiger partial charge in [-0.1, -0.05) is 30.3 Å². The van der Waals surface area contributed by atoms with Gasteiger partial charge in [-0.05, 0) is 31.7 Å². The Morgan fingerprint density at radius 2 is 1.76 bits per heavy atom. The van der Waals surface area contributed by atoms with E-state index in [9.17, 15) is 9.59 Å². The van der Waals surface area contributed by atoms with Crippen LogP contribution in [0.1, 0.15) is 44.7 Å². The standard InChI is InChI=1S/C17H24N2O2/c1-14(16-9-5-3-6-10-16)19(15(2)20)13-17(21)18-11-7-4-8-12-18/h3,5-6,9-10,14H,4,7-8,11-13H2,1-2H3. The molecule has 0 bridgehead atoms. The molecule has 1 aromatic rings. The Labute approximate surface area is 126 Å². The summed E-state index contributed by atoms with van der Waals surface area (Å²) in [5.41, 5.74) is 1.05. The van der Waals surface area contributed by atoms with Gasteiger partial charge in [0.15, 0.2) is 0 Å². The van der Waals surface area contributed by atoms with Gasteiger partial charge >= 0.3 is 0 Å². The fourth-order valence-corrected chi connectivity index (χ4v) is 2.82. The molecule has 1 fully saturated rings. The average molecular weight is 288 g/mol. The quantitative estimate of drug-likeness (QED) is 0.854. The zero-order valence-electron chi connectivity index (χ0n) is 12.9. The van der Waals surface area contributed by atoms with E-state index in [0.29, 0.717) is 0 Å². The molecule has 1 aliphatic rings. The molecule has 2 rings (SSSR count). The number of nitrogens with zero attached hydrogens (tertiary/aromatic N) is 2. The van der Waals surface area contributed by atoms with Crippen LogP contribution in [0, 0.1) is 0 Å². The molecular formula is C17H24N2O2. The van der Waals surface area contributed by atoms with Gasteiger partial charge in [-0.15, -0.1) is 0 Å². The minimum Gasteiger partial charge on any atom is -0.341 e. The maximum absolute atomic E-state index is 12.4. The van der Waals surface area contributed by atoms with E-state index < -0.39 is 0 Å². The monoisotopic (exact) mass is 288 g/mol. The second kappa shape index (κ2) is 7.25. The first-order valence-electron chi connectivity index (χ1n) is 7.69. The van der Waals surface area contributed by atoms with E-state index in [1.54, 1.807) is 4.90 Å². The molecule has 114 valence electrons. The van der Waals surface area contributed by atoms with Crippen LogP contribution in [-0.2, 0) is 9.59 Å².